The molecule has 1 aromatic rings. The highest BCUT2D eigenvalue weighted by atomic mass is 19.1. The second-order valence-electron chi connectivity index (χ2n) is 7.77. The number of nitriles is 1. The summed E-state index contributed by atoms with van der Waals surface area (Å²) < 4.78 is 13.5. The summed E-state index contributed by atoms with van der Waals surface area (Å²) in [4.78, 5) is 31.0. The summed E-state index contributed by atoms with van der Waals surface area (Å²) in [6, 6.07) is 7.79. The summed E-state index contributed by atoms with van der Waals surface area (Å²) in [5.74, 6) is -0.630. The molecule has 2 amide bonds. The van der Waals surface area contributed by atoms with Crippen molar-refractivity contribution in [3.05, 3.63) is 30.1 Å². The molecule has 0 radical (unpaired) electrons. The van der Waals surface area contributed by atoms with Crippen molar-refractivity contribution in [2.24, 2.45) is 5.92 Å². The number of carbonyl (C=O) groups is 2. The normalized spacial score (nSPS) is 28.6. The monoisotopic (exact) mass is 370 g/mol. The number of anilines is 1. The average Bonchev–Trinajstić information content (AvgIpc) is 3.35. The van der Waals surface area contributed by atoms with Gasteiger partial charge in [-0.05, 0) is 37.5 Å². The number of rotatable bonds is 4. The number of fused-ring (bicyclic) bond motifs is 2. The fourth-order valence-electron chi connectivity index (χ4n) is 4.71. The third-order valence-electron chi connectivity index (χ3n) is 5.97. The van der Waals surface area contributed by atoms with Gasteiger partial charge in [0.25, 0.3) is 0 Å². The molecular formula is C20H23FN4O2. The molecule has 2 bridgehead atoms. The Labute approximate surface area is 158 Å². The van der Waals surface area contributed by atoms with Crippen LogP contribution in [-0.4, -0.2) is 59.4 Å². The molecule has 0 saturated carbocycles. The highest BCUT2D eigenvalue weighted by Gasteiger charge is 2.50. The molecule has 0 spiro atoms. The number of amides is 2. The molecule has 7 heteroatoms. The molecule has 3 saturated heterocycles. The summed E-state index contributed by atoms with van der Waals surface area (Å²) in [5.41, 5.74) is 0.602. The van der Waals surface area contributed by atoms with Gasteiger partial charge >= 0.3 is 0 Å². The minimum Gasteiger partial charge on any atom is -0.326 e. The van der Waals surface area contributed by atoms with Gasteiger partial charge in [0.05, 0.1) is 18.2 Å². The average molecular weight is 370 g/mol. The van der Waals surface area contributed by atoms with Crippen LogP contribution in [0, 0.1) is 23.1 Å². The summed E-state index contributed by atoms with van der Waals surface area (Å²) in [6.45, 7) is 3.71. The summed E-state index contributed by atoms with van der Waals surface area (Å²) in [7, 11) is 0. The van der Waals surface area contributed by atoms with Crippen LogP contribution in [0.2, 0.25) is 0 Å². The van der Waals surface area contributed by atoms with E-state index in [1.165, 1.54) is 12.1 Å². The van der Waals surface area contributed by atoms with E-state index in [4.69, 9.17) is 0 Å². The predicted octanol–water partition coefficient (Wildman–Crippen LogP) is 1.77. The van der Waals surface area contributed by atoms with E-state index in [2.05, 4.69) is 11.0 Å². The molecule has 4 atom stereocenters. The number of nitrogens with zero attached hydrogens (tertiary/aromatic N) is 4. The van der Waals surface area contributed by atoms with Gasteiger partial charge in [-0.15, -0.1) is 0 Å². The van der Waals surface area contributed by atoms with Crippen LogP contribution in [0.25, 0.3) is 0 Å². The van der Waals surface area contributed by atoms with Gasteiger partial charge in [0.1, 0.15) is 11.9 Å². The molecule has 4 rings (SSSR count). The zero-order valence-electron chi connectivity index (χ0n) is 15.3. The number of benzene rings is 1. The predicted molar refractivity (Wildman–Crippen MR) is 97.2 cm³/mol. The van der Waals surface area contributed by atoms with Gasteiger partial charge in [-0.2, -0.15) is 5.26 Å². The highest BCUT2D eigenvalue weighted by Crippen LogP contribution is 2.36. The van der Waals surface area contributed by atoms with Crippen LogP contribution in [0.5, 0.6) is 0 Å². The Morgan fingerprint density at radius 3 is 2.96 bits per heavy atom. The van der Waals surface area contributed by atoms with Crippen molar-refractivity contribution in [1.29, 1.82) is 5.26 Å². The molecule has 1 aromatic carbocycles. The lowest BCUT2D eigenvalue weighted by Gasteiger charge is -2.35. The first kappa shape index (κ1) is 17.9. The maximum Gasteiger partial charge on any atom is 0.244 e. The van der Waals surface area contributed by atoms with Crippen molar-refractivity contribution in [3.63, 3.8) is 0 Å². The van der Waals surface area contributed by atoms with Crippen molar-refractivity contribution in [2.45, 2.75) is 44.3 Å². The first-order valence-corrected chi connectivity index (χ1v) is 9.52. The molecular weight excluding hydrogens is 347 g/mol. The number of halogens is 1. The minimum atomic E-state index is -0.350. The lowest BCUT2D eigenvalue weighted by atomic mass is 10.1. The van der Waals surface area contributed by atoms with Crippen molar-refractivity contribution in [2.75, 3.05) is 24.5 Å². The number of likely N-dealkylation sites (tertiary alicyclic amines) is 2. The van der Waals surface area contributed by atoms with Crippen molar-refractivity contribution in [1.82, 2.24) is 9.80 Å². The van der Waals surface area contributed by atoms with Gasteiger partial charge in [-0.1, -0.05) is 13.0 Å². The quantitative estimate of drug-likeness (QED) is 0.810. The Hall–Kier alpha value is -2.46. The Kier molecular flexibility index (Phi) is 4.60. The van der Waals surface area contributed by atoms with Crippen LogP contribution >= 0.6 is 0 Å². The molecule has 0 aromatic heterocycles. The van der Waals surface area contributed by atoms with Crippen LogP contribution in [0.15, 0.2) is 24.3 Å². The highest BCUT2D eigenvalue weighted by molar-refractivity contribution is 6.01. The second kappa shape index (κ2) is 6.93. The van der Waals surface area contributed by atoms with Gasteiger partial charge in [0, 0.05) is 31.2 Å². The van der Waals surface area contributed by atoms with E-state index < -0.39 is 0 Å². The van der Waals surface area contributed by atoms with Gasteiger partial charge in [-0.3, -0.25) is 14.5 Å². The molecule has 3 aliphatic heterocycles. The van der Waals surface area contributed by atoms with Crippen molar-refractivity contribution < 1.29 is 14.0 Å². The second-order valence-corrected chi connectivity index (χ2v) is 7.77. The summed E-state index contributed by atoms with van der Waals surface area (Å²) >= 11 is 0. The zero-order valence-corrected chi connectivity index (χ0v) is 15.3. The minimum absolute atomic E-state index is 0.00346. The van der Waals surface area contributed by atoms with Gasteiger partial charge in [0.2, 0.25) is 11.8 Å². The molecule has 142 valence electrons. The summed E-state index contributed by atoms with van der Waals surface area (Å²) in [5, 5.41) is 9.20. The van der Waals surface area contributed by atoms with E-state index >= 15 is 0 Å². The fraction of sp³-hybridized carbons (Fsp3) is 0.550. The molecule has 0 unspecified atom stereocenters. The molecule has 3 aliphatic rings. The fourth-order valence-corrected chi connectivity index (χ4v) is 4.71. The first-order chi connectivity index (χ1) is 13.0. The lowest BCUT2D eigenvalue weighted by molar-refractivity contribution is -0.136. The third kappa shape index (κ3) is 3.08. The van der Waals surface area contributed by atoms with Crippen LogP contribution in [0.3, 0.4) is 0 Å². The topological polar surface area (TPSA) is 67.7 Å². The first-order valence-electron chi connectivity index (χ1n) is 9.52. The Balaban J connectivity index is 1.41. The maximum atomic E-state index is 13.5. The van der Waals surface area contributed by atoms with E-state index in [9.17, 15) is 19.2 Å². The lowest BCUT2D eigenvalue weighted by Crippen LogP contribution is -2.52. The van der Waals surface area contributed by atoms with E-state index in [1.54, 1.807) is 21.9 Å². The third-order valence-corrected chi connectivity index (χ3v) is 5.97. The van der Waals surface area contributed by atoms with Crippen LogP contribution in [0.4, 0.5) is 10.1 Å². The Bertz CT molecular complexity index is 807. The van der Waals surface area contributed by atoms with E-state index in [-0.39, 0.29) is 41.7 Å². The molecule has 3 fully saturated rings. The molecule has 27 heavy (non-hydrogen) atoms. The number of hydrogen-bond donors (Lipinski definition) is 0. The van der Waals surface area contributed by atoms with Crippen molar-refractivity contribution in [3.8, 4) is 6.07 Å². The molecule has 6 nitrogen and oxygen atoms in total. The number of piperazine rings is 1. The standard InChI is InChI=1S/C20H23FN4O2/c1-13(19(26)24-7-3-6-16(24)10-22)11-23-12-17-9-18(23)20(27)25(17)15-5-2-4-14(21)8-15/h2,4-5,8,13,16-18H,3,6-7,9,11-12H2,1H3/t13-,16-,17+,18+/m0/s1. The summed E-state index contributed by atoms with van der Waals surface area (Å²) in [6.07, 6.45) is 2.32. The van der Waals surface area contributed by atoms with E-state index in [1.807, 2.05) is 6.92 Å². The maximum absolute atomic E-state index is 13.5. The number of hydrogen-bond acceptors (Lipinski definition) is 4. The van der Waals surface area contributed by atoms with Gasteiger partial charge in [0.15, 0.2) is 0 Å². The van der Waals surface area contributed by atoms with Crippen LogP contribution in [0.1, 0.15) is 26.2 Å². The zero-order chi connectivity index (χ0) is 19.1. The molecule has 3 heterocycles. The van der Waals surface area contributed by atoms with E-state index in [0.29, 0.717) is 31.7 Å². The Morgan fingerprint density at radius 1 is 1.44 bits per heavy atom. The number of carbonyl (C=O) groups excluding carboxylic acids is 2. The SMILES string of the molecule is C[C@@H](CN1C[C@H]2C[C@@H]1C(=O)N2c1cccc(F)c1)C(=O)N1CCC[C@H]1C#N. The Morgan fingerprint density at radius 2 is 2.26 bits per heavy atom. The van der Waals surface area contributed by atoms with E-state index in [0.717, 1.165) is 12.8 Å². The smallest absolute Gasteiger partial charge is 0.244 e. The largest absolute Gasteiger partial charge is 0.326 e. The van der Waals surface area contributed by atoms with Crippen LogP contribution in [-0.2, 0) is 9.59 Å². The van der Waals surface area contributed by atoms with Gasteiger partial charge in [-0.25, -0.2) is 4.39 Å². The van der Waals surface area contributed by atoms with Crippen molar-refractivity contribution >= 4 is 17.5 Å². The molecule has 0 N–H and O–H groups in total. The molecule has 0 aliphatic carbocycles. The van der Waals surface area contributed by atoms with Gasteiger partial charge < -0.3 is 9.80 Å². The van der Waals surface area contributed by atoms with Crippen LogP contribution < -0.4 is 4.90 Å².